The average molecular weight is 442 g/mol. The summed E-state index contributed by atoms with van der Waals surface area (Å²) >= 11 is 7.28. The monoisotopic (exact) mass is 441 g/mol. The lowest BCUT2D eigenvalue weighted by atomic mass is 10.2. The SMILES string of the molecule is CCC(C)OC(=O)C(CC)Sc1cc(NC(=O)c2cccc(F)c2)c(F)cc1Cl. The second-order valence-corrected chi connectivity index (χ2v) is 8.05. The highest BCUT2D eigenvalue weighted by atomic mass is 35.5. The van der Waals surface area contributed by atoms with Gasteiger partial charge in [0.2, 0.25) is 0 Å². The Hall–Kier alpha value is -2.12. The minimum Gasteiger partial charge on any atom is -0.462 e. The molecule has 1 N–H and O–H groups in total. The van der Waals surface area contributed by atoms with Crippen molar-refractivity contribution in [3.05, 3.63) is 58.6 Å². The van der Waals surface area contributed by atoms with Crippen molar-refractivity contribution in [1.82, 2.24) is 0 Å². The molecular formula is C21H22ClF2NO3S. The smallest absolute Gasteiger partial charge is 0.319 e. The number of nitrogens with one attached hydrogen (secondary N) is 1. The molecule has 0 heterocycles. The number of amides is 1. The first kappa shape index (κ1) is 23.2. The minimum absolute atomic E-state index is 0.0529. The number of benzene rings is 2. The van der Waals surface area contributed by atoms with Crippen LogP contribution in [0.1, 0.15) is 44.0 Å². The number of hydrogen-bond donors (Lipinski definition) is 1. The molecule has 156 valence electrons. The van der Waals surface area contributed by atoms with Crippen LogP contribution in [0.2, 0.25) is 5.02 Å². The third-order valence-corrected chi connectivity index (χ3v) is 5.98. The first-order chi connectivity index (χ1) is 13.7. The molecule has 0 fully saturated rings. The lowest BCUT2D eigenvalue weighted by Gasteiger charge is -2.18. The van der Waals surface area contributed by atoms with Crippen molar-refractivity contribution in [3.63, 3.8) is 0 Å². The van der Waals surface area contributed by atoms with Crippen LogP contribution in [-0.4, -0.2) is 23.2 Å². The molecule has 0 aromatic heterocycles. The Labute approximate surface area is 178 Å². The Morgan fingerprint density at radius 2 is 1.90 bits per heavy atom. The summed E-state index contributed by atoms with van der Waals surface area (Å²) in [5.74, 6) is -2.35. The summed E-state index contributed by atoms with van der Waals surface area (Å²) < 4.78 is 33.0. The molecule has 0 aliphatic heterocycles. The number of esters is 1. The van der Waals surface area contributed by atoms with E-state index in [1.807, 2.05) is 13.8 Å². The maximum Gasteiger partial charge on any atom is 0.319 e. The highest BCUT2D eigenvalue weighted by molar-refractivity contribution is 8.00. The van der Waals surface area contributed by atoms with Crippen molar-refractivity contribution < 1.29 is 23.1 Å². The van der Waals surface area contributed by atoms with Gasteiger partial charge in [-0.05, 0) is 50.1 Å². The predicted octanol–water partition coefficient (Wildman–Crippen LogP) is 6.08. The van der Waals surface area contributed by atoms with Gasteiger partial charge in [-0.3, -0.25) is 9.59 Å². The van der Waals surface area contributed by atoms with Crippen molar-refractivity contribution in [2.24, 2.45) is 0 Å². The average Bonchev–Trinajstić information content (AvgIpc) is 2.68. The van der Waals surface area contributed by atoms with Crippen molar-refractivity contribution in [1.29, 1.82) is 0 Å². The van der Waals surface area contributed by atoms with Crippen LogP contribution in [0.25, 0.3) is 0 Å². The van der Waals surface area contributed by atoms with Crippen LogP contribution in [0.3, 0.4) is 0 Å². The molecule has 0 saturated carbocycles. The van der Waals surface area contributed by atoms with E-state index in [0.29, 0.717) is 17.7 Å². The molecule has 4 nitrogen and oxygen atoms in total. The molecule has 0 saturated heterocycles. The van der Waals surface area contributed by atoms with Crippen LogP contribution in [0.5, 0.6) is 0 Å². The van der Waals surface area contributed by atoms with E-state index in [1.54, 1.807) is 6.92 Å². The molecule has 2 aromatic rings. The van der Waals surface area contributed by atoms with E-state index in [-0.39, 0.29) is 28.3 Å². The summed E-state index contributed by atoms with van der Waals surface area (Å²) in [5, 5.41) is 2.00. The Morgan fingerprint density at radius 1 is 1.17 bits per heavy atom. The molecule has 0 aliphatic carbocycles. The third kappa shape index (κ3) is 6.44. The van der Waals surface area contributed by atoms with Crippen molar-refractivity contribution in [3.8, 4) is 0 Å². The maximum atomic E-state index is 14.3. The van der Waals surface area contributed by atoms with E-state index < -0.39 is 22.8 Å². The summed E-state index contributed by atoms with van der Waals surface area (Å²) in [4.78, 5) is 25.1. The fourth-order valence-corrected chi connectivity index (χ4v) is 3.61. The van der Waals surface area contributed by atoms with Crippen LogP contribution in [0.4, 0.5) is 14.5 Å². The van der Waals surface area contributed by atoms with Gasteiger partial charge in [0.25, 0.3) is 5.91 Å². The van der Waals surface area contributed by atoms with Crippen LogP contribution in [0, 0.1) is 11.6 Å². The fourth-order valence-electron chi connectivity index (χ4n) is 2.35. The lowest BCUT2D eigenvalue weighted by molar-refractivity contribution is -0.147. The van der Waals surface area contributed by atoms with Crippen molar-refractivity contribution >= 4 is 40.9 Å². The van der Waals surface area contributed by atoms with Gasteiger partial charge in [0.05, 0.1) is 16.8 Å². The van der Waals surface area contributed by atoms with Gasteiger partial charge >= 0.3 is 5.97 Å². The molecule has 29 heavy (non-hydrogen) atoms. The van der Waals surface area contributed by atoms with Crippen LogP contribution in [0.15, 0.2) is 41.3 Å². The number of ether oxygens (including phenoxy) is 1. The van der Waals surface area contributed by atoms with E-state index >= 15 is 0 Å². The van der Waals surface area contributed by atoms with Crippen LogP contribution >= 0.6 is 23.4 Å². The molecule has 8 heteroatoms. The molecule has 2 aromatic carbocycles. The largest absolute Gasteiger partial charge is 0.462 e. The zero-order valence-electron chi connectivity index (χ0n) is 16.3. The summed E-state index contributed by atoms with van der Waals surface area (Å²) in [6, 6.07) is 7.49. The first-order valence-corrected chi connectivity index (χ1v) is 10.4. The third-order valence-electron chi connectivity index (χ3n) is 4.15. The number of carbonyl (C=O) groups is 2. The second-order valence-electron chi connectivity index (χ2n) is 6.40. The molecule has 2 unspecified atom stereocenters. The molecule has 0 radical (unpaired) electrons. The molecule has 0 aliphatic rings. The Balaban J connectivity index is 2.21. The zero-order valence-corrected chi connectivity index (χ0v) is 17.9. The van der Waals surface area contributed by atoms with Gasteiger partial charge in [0, 0.05) is 10.5 Å². The molecule has 0 spiro atoms. The van der Waals surface area contributed by atoms with Crippen LogP contribution < -0.4 is 5.32 Å². The number of carbonyl (C=O) groups excluding carboxylic acids is 2. The van der Waals surface area contributed by atoms with Gasteiger partial charge in [0.15, 0.2) is 0 Å². The number of hydrogen-bond acceptors (Lipinski definition) is 4. The summed E-state index contributed by atoms with van der Waals surface area (Å²) in [5.41, 5.74) is -0.0616. The maximum absolute atomic E-state index is 14.3. The zero-order chi connectivity index (χ0) is 21.6. The van der Waals surface area contributed by atoms with E-state index in [4.69, 9.17) is 16.3 Å². The van der Waals surface area contributed by atoms with Gasteiger partial charge in [-0.2, -0.15) is 0 Å². The molecule has 1 amide bonds. The fraction of sp³-hybridized carbons (Fsp3) is 0.333. The highest BCUT2D eigenvalue weighted by Gasteiger charge is 2.23. The topological polar surface area (TPSA) is 55.4 Å². The van der Waals surface area contributed by atoms with Crippen molar-refractivity contribution in [2.45, 2.75) is 49.9 Å². The number of anilines is 1. The molecule has 0 bridgehead atoms. The predicted molar refractivity (Wildman–Crippen MR) is 112 cm³/mol. The molecule has 2 rings (SSSR count). The minimum atomic E-state index is -0.737. The van der Waals surface area contributed by atoms with Crippen molar-refractivity contribution in [2.75, 3.05) is 5.32 Å². The van der Waals surface area contributed by atoms with Gasteiger partial charge in [-0.25, -0.2) is 8.78 Å². The Kier molecular flexibility index (Phi) is 8.46. The summed E-state index contributed by atoms with van der Waals surface area (Å²) in [6.45, 7) is 5.55. The standard InChI is InChI=1S/C21H22ClF2NO3S/c1-4-12(3)28-21(27)18(5-2)29-19-11-17(16(24)10-15(19)22)25-20(26)13-7-6-8-14(23)9-13/h6-12,18H,4-5H2,1-3H3,(H,25,26). The normalized spacial score (nSPS) is 12.9. The van der Waals surface area contributed by atoms with Gasteiger partial charge in [-0.15, -0.1) is 11.8 Å². The van der Waals surface area contributed by atoms with Crippen LogP contribution in [-0.2, 0) is 9.53 Å². The van der Waals surface area contributed by atoms with E-state index in [0.717, 1.165) is 23.9 Å². The van der Waals surface area contributed by atoms with E-state index in [1.165, 1.54) is 24.3 Å². The molecule has 2 atom stereocenters. The highest BCUT2D eigenvalue weighted by Crippen LogP contribution is 2.36. The Bertz CT molecular complexity index is 894. The summed E-state index contributed by atoms with van der Waals surface area (Å²) in [7, 11) is 0. The number of rotatable bonds is 8. The van der Waals surface area contributed by atoms with Gasteiger partial charge < -0.3 is 10.1 Å². The van der Waals surface area contributed by atoms with Gasteiger partial charge in [-0.1, -0.05) is 31.5 Å². The summed E-state index contributed by atoms with van der Waals surface area (Å²) in [6.07, 6.45) is 0.973. The number of halogens is 3. The number of thioether (sulfide) groups is 1. The quantitative estimate of drug-likeness (QED) is 0.398. The van der Waals surface area contributed by atoms with Gasteiger partial charge in [0.1, 0.15) is 16.9 Å². The van der Waals surface area contributed by atoms with E-state index in [9.17, 15) is 18.4 Å². The Morgan fingerprint density at radius 3 is 2.52 bits per heavy atom. The lowest BCUT2D eigenvalue weighted by Crippen LogP contribution is -2.24. The first-order valence-electron chi connectivity index (χ1n) is 9.18. The van der Waals surface area contributed by atoms with E-state index in [2.05, 4.69) is 5.32 Å². The second kappa shape index (κ2) is 10.6. The molecular weight excluding hydrogens is 420 g/mol.